The highest BCUT2D eigenvalue weighted by molar-refractivity contribution is 7.14. The summed E-state index contributed by atoms with van der Waals surface area (Å²) in [4.78, 5) is 16.3. The third-order valence-corrected chi connectivity index (χ3v) is 4.25. The van der Waals surface area contributed by atoms with Gasteiger partial charge in [0.15, 0.2) is 0 Å². The van der Waals surface area contributed by atoms with Crippen molar-refractivity contribution >= 4 is 28.8 Å². The summed E-state index contributed by atoms with van der Waals surface area (Å²) >= 11 is 7.11. The molecule has 0 N–H and O–H groups in total. The Balaban J connectivity index is 2.67. The molecular formula is C14H22ClNO2S. The van der Waals surface area contributed by atoms with Gasteiger partial charge in [-0.2, -0.15) is 0 Å². The normalized spacial score (nSPS) is 11.1. The summed E-state index contributed by atoms with van der Waals surface area (Å²) in [5.74, 6) is 0.574. The summed E-state index contributed by atoms with van der Waals surface area (Å²) in [6, 6.07) is 2.13. The minimum atomic E-state index is 0.0886. The van der Waals surface area contributed by atoms with Crippen LogP contribution < -0.4 is 0 Å². The van der Waals surface area contributed by atoms with Crippen molar-refractivity contribution in [1.82, 2.24) is 4.90 Å². The topological polar surface area (TPSA) is 29.5 Å². The van der Waals surface area contributed by atoms with Crippen LogP contribution in [0.1, 0.15) is 34.0 Å². The largest absolute Gasteiger partial charge is 0.378 e. The number of amides is 1. The first kappa shape index (κ1) is 16.5. The van der Waals surface area contributed by atoms with E-state index in [0.717, 1.165) is 4.88 Å². The van der Waals surface area contributed by atoms with Crippen LogP contribution >= 0.6 is 22.9 Å². The predicted molar refractivity (Wildman–Crippen MR) is 81.5 cm³/mol. The molecule has 1 aromatic rings. The van der Waals surface area contributed by atoms with Crippen molar-refractivity contribution in [2.45, 2.75) is 33.7 Å². The summed E-state index contributed by atoms with van der Waals surface area (Å²) in [5, 5.41) is 0. The summed E-state index contributed by atoms with van der Waals surface area (Å²) in [7, 11) is 0. The number of ether oxygens (including phenoxy) is 1. The fourth-order valence-corrected chi connectivity index (χ4v) is 2.83. The average Bonchev–Trinajstić information content (AvgIpc) is 2.68. The van der Waals surface area contributed by atoms with E-state index >= 15 is 0 Å². The van der Waals surface area contributed by atoms with Gasteiger partial charge in [0.2, 0.25) is 0 Å². The van der Waals surface area contributed by atoms with E-state index in [2.05, 4.69) is 0 Å². The zero-order valence-corrected chi connectivity index (χ0v) is 13.6. The Labute approximate surface area is 124 Å². The van der Waals surface area contributed by atoms with Crippen molar-refractivity contribution in [2.24, 2.45) is 0 Å². The molecule has 0 bridgehead atoms. The van der Waals surface area contributed by atoms with Gasteiger partial charge in [-0.15, -0.1) is 22.9 Å². The number of aryl methyl sites for hydroxylation is 2. The molecule has 1 rings (SSSR count). The maximum Gasteiger partial charge on any atom is 0.264 e. The van der Waals surface area contributed by atoms with E-state index in [1.54, 1.807) is 11.3 Å². The van der Waals surface area contributed by atoms with Crippen LogP contribution in [0.5, 0.6) is 0 Å². The van der Waals surface area contributed by atoms with Gasteiger partial charge in [0, 0.05) is 23.3 Å². The van der Waals surface area contributed by atoms with E-state index in [0.29, 0.717) is 25.6 Å². The third-order valence-electron chi connectivity index (χ3n) is 2.96. The molecule has 0 unspecified atom stereocenters. The van der Waals surface area contributed by atoms with E-state index in [9.17, 15) is 4.79 Å². The number of alkyl halides is 1. The molecule has 5 heteroatoms. The first-order valence-electron chi connectivity index (χ1n) is 6.49. The smallest absolute Gasteiger partial charge is 0.264 e. The van der Waals surface area contributed by atoms with Crippen LogP contribution in [0.15, 0.2) is 6.07 Å². The van der Waals surface area contributed by atoms with Crippen LogP contribution in [-0.4, -0.2) is 42.5 Å². The molecule has 1 heterocycles. The fraction of sp³-hybridized carbons (Fsp3) is 0.643. The monoisotopic (exact) mass is 303 g/mol. The molecule has 0 aliphatic carbocycles. The third kappa shape index (κ3) is 4.79. The van der Waals surface area contributed by atoms with Crippen molar-refractivity contribution < 1.29 is 9.53 Å². The van der Waals surface area contributed by atoms with E-state index in [1.165, 1.54) is 10.4 Å². The number of nitrogens with zero attached hydrogens (tertiary/aromatic N) is 1. The molecule has 0 saturated carbocycles. The fourth-order valence-electron chi connectivity index (χ4n) is 1.73. The number of halogens is 1. The molecule has 1 aromatic heterocycles. The molecule has 0 atom stereocenters. The molecule has 0 radical (unpaired) electrons. The molecule has 3 nitrogen and oxygen atoms in total. The van der Waals surface area contributed by atoms with E-state index in [-0.39, 0.29) is 11.9 Å². The molecular weight excluding hydrogens is 282 g/mol. The Bertz CT molecular complexity index is 398. The lowest BCUT2D eigenvalue weighted by molar-refractivity contribution is 0.0600. The van der Waals surface area contributed by atoms with Crippen LogP contribution in [0.3, 0.4) is 0 Å². The van der Waals surface area contributed by atoms with Gasteiger partial charge in [0.25, 0.3) is 5.91 Å². The summed E-state index contributed by atoms with van der Waals surface area (Å²) < 4.78 is 5.36. The summed E-state index contributed by atoms with van der Waals surface area (Å²) in [6.07, 6.45) is 0. The molecule has 0 aliphatic heterocycles. The second-order valence-electron chi connectivity index (χ2n) is 4.74. The quantitative estimate of drug-likeness (QED) is 0.570. The van der Waals surface area contributed by atoms with Gasteiger partial charge in [0.1, 0.15) is 0 Å². The molecule has 108 valence electrons. The first-order chi connectivity index (χ1) is 8.97. The standard InChI is InChI=1S/C14H22ClNO2S/c1-10(2)16(6-8-18-7-5-15)14(17)13-9-11(3)12(4)19-13/h9-10H,5-8H2,1-4H3. The lowest BCUT2D eigenvalue weighted by atomic mass is 10.2. The van der Waals surface area contributed by atoms with Gasteiger partial charge in [-0.1, -0.05) is 0 Å². The van der Waals surface area contributed by atoms with Crippen LogP contribution in [0.2, 0.25) is 0 Å². The second kappa shape index (κ2) is 7.88. The molecule has 0 aromatic carbocycles. The Morgan fingerprint density at radius 2 is 2.11 bits per heavy atom. The highest BCUT2D eigenvalue weighted by Gasteiger charge is 2.20. The van der Waals surface area contributed by atoms with Gasteiger partial charge in [-0.3, -0.25) is 4.79 Å². The molecule has 0 aliphatic rings. The lowest BCUT2D eigenvalue weighted by Gasteiger charge is -2.26. The maximum atomic E-state index is 12.5. The number of hydrogen-bond donors (Lipinski definition) is 0. The summed E-state index contributed by atoms with van der Waals surface area (Å²) in [6.45, 7) is 9.77. The minimum Gasteiger partial charge on any atom is -0.378 e. The van der Waals surface area contributed by atoms with E-state index in [4.69, 9.17) is 16.3 Å². The van der Waals surface area contributed by atoms with Crippen LogP contribution in [-0.2, 0) is 4.74 Å². The van der Waals surface area contributed by atoms with Gasteiger partial charge in [-0.05, 0) is 39.3 Å². The Morgan fingerprint density at radius 1 is 1.42 bits per heavy atom. The average molecular weight is 304 g/mol. The van der Waals surface area contributed by atoms with E-state index in [1.807, 2.05) is 38.7 Å². The highest BCUT2D eigenvalue weighted by atomic mass is 35.5. The number of carbonyl (C=O) groups is 1. The number of thiophene rings is 1. The van der Waals surface area contributed by atoms with Crippen molar-refractivity contribution in [1.29, 1.82) is 0 Å². The van der Waals surface area contributed by atoms with Crippen molar-refractivity contribution in [2.75, 3.05) is 25.6 Å². The molecule has 0 spiro atoms. The summed E-state index contributed by atoms with van der Waals surface area (Å²) in [5.41, 5.74) is 1.18. The lowest BCUT2D eigenvalue weighted by Crippen LogP contribution is -2.39. The zero-order valence-electron chi connectivity index (χ0n) is 12.0. The Morgan fingerprint density at radius 3 is 2.58 bits per heavy atom. The molecule has 0 saturated heterocycles. The van der Waals surface area contributed by atoms with Gasteiger partial charge >= 0.3 is 0 Å². The van der Waals surface area contributed by atoms with E-state index < -0.39 is 0 Å². The van der Waals surface area contributed by atoms with Crippen LogP contribution in [0, 0.1) is 13.8 Å². The van der Waals surface area contributed by atoms with Crippen molar-refractivity contribution in [3.05, 3.63) is 21.4 Å². The number of hydrogen-bond acceptors (Lipinski definition) is 3. The highest BCUT2D eigenvalue weighted by Crippen LogP contribution is 2.22. The Kier molecular flexibility index (Phi) is 6.83. The van der Waals surface area contributed by atoms with Gasteiger partial charge in [0.05, 0.1) is 18.1 Å². The predicted octanol–water partition coefficient (Wildman–Crippen LogP) is 3.47. The molecule has 19 heavy (non-hydrogen) atoms. The maximum absolute atomic E-state index is 12.5. The van der Waals surface area contributed by atoms with Crippen LogP contribution in [0.25, 0.3) is 0 Å². The van der Waals surface area contributed by atoms with Gasteiger partial charge < -0.3 is 9.64 Å². The van der Waals surface area contributed by atoms with Crippen molar-refractivity contribution in [3.63, 3.8) is 0 Å². The Hall–Kier alpha value is -0.580. The van der Waals surface area contributed by atoms with Crippen molar-refractivity contribution in [3.8, 4) is 0 Å². The van der Waals surface area contributed by atoms with Crippen LogP contribution in [0.4, 0.5) is 0 Å². The number of rotatable bonds is 7. The van der Waals surface area contributed by atoms with Gasteiger partial charge in [-0.25, -0.2) is 0 Å². The number of carbonyl (C=O) groups excluding carboxylic acids is 1. The molecule has 1 amide bonds. The second-order valence-corrected chi connectivity index (χ2v) is 6.38. The molecule has 0 fully saturated rings. The SMILES string of the molecule is Cc1cc(C(=O)N(CCOCCCl)C(C)C)sc1C. The first-order valence-corrected chi connectivity index (χ1v) is 7.84. The zero-order chi connectivity index (χ0) is 14.4. The minimum absolute atomic E-state index is 0.0886.